The molecule has 8 heteroatoms. The maximum Gasteiger partial charge on any atom is 0.329 e. The van der Waals surface area contributed by atoms with E-state index in [-0.39, 0.29) is 5.41 Å². The lowest BCUT2D eigenvalue weighted by molar-refractivity contribution is -0.143. The molecule has 32 heavy (non-hydrogen) atoms. The van der Waals surface area contributed by atoms with Crippen LogP contribution in [0.4, 0.5) is 0 Å². The Morgan fingerprint density at radius 1 is 1.22 bits per heavy atom. The molecule has 0 heterocycles. The number of hydrogen-bond donors (Lipinski definition) is 2. The molecule has 0 fully saturated rings. The molecule has 0 aromatic heterocycles. The van der Waals surface area contributed by atoms with Crippen molar-refractivity contribution < 1.29 is 27.3 Å². The topological polar surface area (TPSA) is 110 Å². The molecule has 0 aromatic carbocycles. The minimum atomic E-state index is -4.47. The van der Waals surface area contributed by atoms with Crippen molar-refractivity contribution in [2.24, 2.45) is 5.41 Å². The van der Waals surface area contributed by atoms with E-state index >= 15 is 0 Å². The average molecular weight is 466 g/mol. The Hall–Kier alpha value is -2.45. The quantitative estimate of drug-likeness (QED) is 0.230. The number of ether oxygens (including phenoxy) is 1. The number of hydrogen-bond acceptors (Lipinski definition) is 5. The van der Waals surface area contributed by atoms with Crippen LogP contribution in [0.5, 0.6) is 0 Å². The van der Waals surface area contributed by atoms with Gasteiger partial charge in [0.15, 0.2) is 0 Å². The standard InChI is InChI=1S/C24H35NO6S/c1-17(12-13-20-19(3)11-8-14-24(20,4)5)9-7-10-18(2)15-22(26)25-21(23(27)31-6)16-32(28,29)30/h7,9-10,12-13,15,21H,8,11,14,16H2,1-6H3,(H,25,26)(H,28,29,30)/b10-7?,13-12?,17-9?,18-15-/t21-/m0/s1. The highest BCUT2D eigenvalue weighted by atomic mass is 32.2. The van der Waals surface area contributed by atoms with Gasteiger partial charge in [0.05, 0.1) is 7.11 Å². The van der Waals surface area contributed by atoms with Gasteiger partial charge in [-0.25, -0.2) is 4.79 Å². The molecule has 0 aromatic rings. The Labute approximate surface area is 191 Å². The fourth-order valence-electron chi connectivity index (χ4n) is 3.62. The highest BCUT2D eigenvalue weighted by Crippen LogP contribution is 2.40. The molecule has 0 unspecified atom stereocenters. The van der Waals surface area contributed by atoms with E-state index in [2.05, 4.69) is 43.0 Å². The van der Waals surface area contributed by atoms with E-state index < -0.39 is 33.8 Å². The fourth-order valence-corrected chi connectivity index (χ4v) is 4.26. The van der Waals surface area contributed by atoms with E-state index in [1.54, 1.807) is 13.0 Å². The largest absolute Gasteiger partial charge is 0.467 e. The molecular formula is C24H35NO6S. The maximum absolute atomic E-state index is 12.1. The zero-order valence-electron chi connectivity index (χ0n) is 19.8. The predicted octanol–water partition coefficient (Wildman–Crippen LogP) is 4.06. The molecular weight excluding hydrogens is 430 g/mol. The molecule has 1 atom stereocenters. The summed E-state index contributed by atoms with van der Waals surface area (Å²) in [5, 5.41) is 2.23. The number of carbonyl (C=O) groups is 2. The van der Waals surface area contributed by atoms with Crippen LogP contribution < -0.4 is 5.32 Å². The summed E-state index contributed by atoms with van der Waals surface area (Å²) in [5.74, 6) is -2.60. The number of carbonyl (C=O) groups excluding carboxylic acids is 2. The zero-order chi connectivity index (χ0) is 24.5. The summed E-state index contributed by atoms with van der Waals surface area (Å²) in [6.45, 7) is 10.4. The van der Waals surface area contributed by atoms with Gasteiger partial charge in [0.25, 0.3) is 10.1 Å². The van der Waals surface area contributed by atoms with Gasteiger partial charge in [-0.2, -0.15) is 8.42 Å². The Morgan fingerprint density at radius 3 is 2.44 bits per heavy atom. The monoisotopic (exact) mass is 465 g/mol. The van der Waals surface area contributed by atoms with Crippen LogP contribution in [-0.4, -0.2) is 43.8 Å². The normalized spacial score (nSPS) is 18.8. The van der Waals surface area contributed by atoms with Crippen molar-refractivity contribution in [3.05, 3.63) is 58.7 Å². The third-order valence-corrected chi connectivity index (χ3v) is 6.07. The number of allylic oxidation sites excluding steroid dienone is 9. The number of amides is 1. The van der Waals surface area contributed by atoms with Gasteiger partial charge in [-0.1, -0.05) is 55.4 Å². The SMILES string of the molecule is COC(=O)[C@H](CS(=O)(=O)O)NC(=O)/C=C(/C)C=CC=C(C)C=CC1=C(C)CCCC1(C)C. The van der Waals surface area contributed by atoms with Gasteiger partial charge in [-0.3, -0.25) is 9.35 Å². The molecule has 0 aliphatic heterocycles. The Kier molecular flexibility index (Phi) is 10.3. The lowest BCUT2D eigenvalue weighted by atomic mass is 9.72. The number of esters is 1. The summed E-state index contributed by atoms with van der Waals surface area (Å²) in [4.78, 5) is 23.7. The van der Waals surface area contributed by atoms with Crippen molar-refractivity contribution in [2.45, 2.75) is 59.9 Å². The maximum atomic E-state index is 12.1. The van der Waals surface area contributed by atoms with E-state index in [4.69, 9.17) is 4.55 Å². The first kappa shape index (κ1) is 27.6. The van der Waals surface area contributed by atoms with Crippen molar-refractivity contribution in [2.75, 3.05) is 12.9 Å². The molecule has 1 rings (SSSR count). The van der Waals surface area contributed by atoms with Gasteiger partial charge in [0, 0.05) is 6.08 Å². The van der Waals surface area contributed by atoms with E-state index in [1.807, 2.05) is 19.1 Å². The zero-order valence-corrected chi connectivity index (χ0v) is 20.6. The summed E-state index contributed by atoms with van der Waals surface area (Å²) >= 11 is 0. The van der Waals surface area contributed by atoms with Crippen LogP contribution in [0, 0.1) is 5.41 Å². The van der Waals surface area contributed by atoms with Gasteiger partial charge in [0.2, 0.25) is 5.91 Å². The molecule has 0 spiro atoms. The second kappa shape index (κ2) is 12.0. The number of nitrogens with one attached hydrogen (secondary N) is 1. The first-order chi connectivity index (χ1) is 14.7. The van der Waals surface area contributed by atoms with Gasteiger partial charge < -0.3 is 10.1 Å². The smallest absolute Gasteiger partial charge is 0.329 e. The fraction of sp³-hybridized carbons (Fsp3) is 0.500. The van der Waals surface area contributed by atoms with Crippen LogP contribution in [0.2, 0.25) is 0 Å². The van der Waals surface area contributed by atoms with Crippen LogP contribution in [0.25, 0.3) is 0 Å². The Balaban J connectivity index is 2.80. The van der Waals surface area contributed by atoms with Gasteiger partial charge in [-0.15, -0.1) is 0 Å². The Morgan fingerprint density at radius 2 is 1.88 bits per heavy atom. The molecule has 0 radical (unpaired) electrons. The summed E-state index contributed by atoms with van der Waals surface area (Å²) < 4.78 is 35.5. The van der Waals surface area contributed by atoms with E-state index in [1.165, 1.54) is 30.1 Å². The molecule has 1 amide bonds. The third kappa shape index (κ3) is 9.78. The van der Waals surface area contributed by atoms with Gasteiger partial charge in [0.1, 0.15) is 11.8 Å². The second-order valence-electron chi connectivity index (χ2n) is 8.76. The van der Waals surface area contributed by atoms with Crippen molar-refractivity contribution in [3.63, 3.8) is 0 Å². The third-order valence-electron chi connectivity index (χ3n) is 5.31. The van der Waals surface area contributed by atoms with Crippen LogP contribution in [0.1, 0.15) is 53.9 Å². The summed E-state index contributed by atoms with van der Waals surface area (Å²) in [6, 6.07) is -1.50. The predicted molar refractivity (Wildman–Crippen MR) is 126 cm³/mol. The van der Waals surface area contributed by atoms with E-state index in [9.17, 15) is 18.0 Å². The molecule has 0 bridgehead atoms. The summed E-state index contributed by atoms with van der Waals surface area (Å²) in [6.07, 6.45) is 14.5. The first-order valence-corrected chi connectivity index (χ1v) is 12.1. The van der Waals surface area contributed by atoms with Gasteiger partial charge >= 0.3 is 5.97 Å². The van der Waals surface area contributed by atoms with Crippen LogP contribution in [-0.2, 0) is 24.4 Å². The summed E-state index contributed by atoms with van der Waals surface area (Å²) in [5.41, 5.74) is 4.65. The lowest BCUT2D eigenvalue weighted by Crippen LogP contribution is -2.45. The molecule has 1 aliphatic carbocycles. The highest BCUT2D eigenvalue weighted by Gasteiger charge is 2.27. The Bertz CT molecular complexity index is 964. The molecule has 178 valence electrons. The number of rotatable bonds is 9. The van der Waals surface area contributed by atoms with Crippen LogP contribution in [0.3, 0.4) is 0 Å². The lowest BCUT2D eigenvalue weighted by Gasteiger charge is -2.32. The molecule has 7 nitrogen and oxygen atoms in total. The number of methoxy groups -OCH3 is 1. The average Bonchev–Trinajstić information content (AvgIpc) is 2.64. The van der Waals surface area contributed by atoms with E-state index in [0.717, 1.165) is 19.1 Å². The molecule has 0 saturated heterocycles. The van der Waals surface area contributed by atoms with E-state index in [0.29, 0.717) is 5.57 Å². The van der Waals surface area contributed by atoms with Crippen molar-refractivity contribution in [1.82, 2.24) is 5.32 Å². The van der Waals surface area contributed by atoms with Crippen molar-refractivity contribution >= 4 is 22.0 Å². The van der Waals surface area contributed by atoms with Crippen LogP contribution >= 0.6 is 0 Å². The minimum absolute atomic E-state index is 0.180. The molecule has 2 N–H and O–H groups in total. The second-order valence-corrected chi connectivity index (χ2v) is 10.3. The molecule has 1 aliphatic rings. The molecule has 0 saturated carbocycles. The first-order valence-electron chi connectivity index (χ1n) is 10.5. The van der Waals surface area contributed by atoms with Crippen LogP contribution in [0.15, 0.2) is 58.7 Å². The summed E-state index contributed by atoms with van der Waals surface area (Å²) in [7, 11) is -3.41. The van der Waals surface area contributed by atoms with Gasteiger partial charge in [-0.05, 0) is 56.6 Å². The minimum Gasteiger partial charge on any atom is -0.467 e. The van der Waals surface area contributed by atoms with Crippen molar-refractivity contribution in [3.8, 4) is 0 Å². The van der Waals surface area contributed by atoms with Crippen molar-refractivity contribution in [1.29, 1.82) is 0 Å². The highest BCUT2D eigenvalue weighted by molar-refractivity contribution is 7.85.